The zero-order valence-electron chi connectivity index (χ0n) is 12.5. The van der Waals surface area contributed by atoms with Crippen LogP contribution in [0.1, 0.15) is 36.9 Å². The van der Waals surface area contributed by atoms with E-state index in [2.05, 4.69) is 16.7 Å². The lowest BCUT2D eigenvalue weighted by molar-refractivity contribution is -0.130. The molecule has 0 spiro atoms. The molecule has 1 fully saturated rings. The Morgan fingerprint density at radius 2 is 2.05 bits per heavy atom. The van der Waals surface area contributed by atoms with Gasteiger partial charge in [0.05, 0.1) is 0 Å². The summed E-state index contributed by atoms with van der Waals surface area (Å²) in [4.78, 5) is 25.4. The van der Waals surface area contributed by atoms with Gasteiger partial charge >= 0.3 is 0 Å². The van der Waals surface area contributed by atoms with Gasteiger partial charge in [0.1, 0.15) is 6.04 Å². The maximum atomic E-state index is 12.2. The van der Waals surface area contributed by atoms with Crippen LogP contribution in [-0.4, -0.2) is 35.8 Å². The van der Waals surface area contributed by atoms with E-state index in [1.54, 1.807) is 6.92 Å². The summed E-state index contributed by atoms with van der Waals surface area (Å²) in [5.74, 6) is 0.151. The van der Waals surface area contributed by atoms with Crippen molar-refractivity contribution in [2.24, 2.45) is 0 Å². The number of nitrogens with one attached hydrogen (secondary N) is 2. The fraction of sp³-hybridized carbons (Fsp3) is 0.500. The van der Waals surface area contributed by atoms with Gasteiger partial charge in [0, 0.05) is 37.3 Å². The van der Waals surface area contributed by atoms with Crippen LogP contribution in [0.25, 0.3) is 0 Å². The number of carbonyl (C=O) groups is 2. The summed E-state index contributed by atoms with van der Waals surface area (Å²) in [6, 6.07) is 6.04. The monoisotopic (exact) mass is 287 g/mol. The highest BCUT2D eigenvalue weighted by atomic mass is 16.2. The Morgan fingerprint density at radius 1 is 1.33 bits per heavy atom. The molecule has 0 aromatic heterocycles. The summed E-state index contributed by atoms with van der Waals surface area (Å²) < 4.78 is 0. The molecule has 5 heteroatoms. The second kappa shape index (κ2) is 5.48. The fourth-order valence-electron chi connectivity index (χ4n) is 3.14. The molecule has 0 radical (unpaired) electrons. The first-order valence-electron chi connectivity index (χ1n) is 7.47. The minimum Gasteiger partial charge on any atom is -0.343 e. The number of hydrogen-bond donors (Lipinski definition) is 2. The fourth-order valence-corrected chi connectivity index (χ4v) is 3.14. The molecule has 1 saturated heterocycles. The van der Waals surface area contributed by atoms with Crippen LogP contribution in [0.4, 0.5) is 5.69 Å². The van der Waals surface area contributed by atoms with Gasteiger partial charge in [-0.3, -0.25) is 14.9 Å². The Balaban J connectivity index is 1.68. The lowest BCUT2D eigenvalue weighted by atomic mass is 10.0. The van der Waals surface area contributed by atoms with E-state index in [0.29, 0.717) is 0 Å². The van der Waals surface area contributed by atoms with Crippen molar-refractivity contribution in [3.8, 4) is 0 Å². The molecule has 0 aliphatic carbocycles. The van der Waals surface area contributed by atoms with E-state index < -0.39 is 0 Å². The van der Waals surface area contributed by atoms with Crippen LogP contribution in [0.15, 0.2) is 18.2 Å². The zero-order valence-corrected chi connectivity index (χ0v) is 12.5. The molecule has 2 N–H and O–H groups in total. The van der Waals surface area contributed by atoms with Crippen LogP contribution in [0.3, 0.4) is 0 Å². The number of fused-ring (bicyclic) bond motifs is 1. The molecule has 1 atom stereocenters. The minimum atomic E-state index is -0.270. The van der Waals surface area contributed by atoms with E-state index >= 15 is 0 Å². The summed E-state index contributed by atoms with van der Waals surface area (Å²) >= 11 is 0. The van der Waals surface area contributed by atoms with Crippen LogP contribution in [-0.2, 0) is 9.59 Å². The van der Waals surface area contributed by atoms with E-state index in [1.165, 1.54) is 0 Å². The molecule has 1 unspecified atom stereocenters. The zero-order chi connectivity index (χ0) is 15.0. The molecule has 2 aliphatic heterocycles. The Hall–Kier alpha value is -1.88. The van der Waals surface area contributed by atoms with Gasteiger partial charge in [-0.05, 0) is 25.8 Å². The Labute approximate surface area is 124 Å². The van der Waals surface area contributed by atoms with E-state index in [9.17, 15) is 9.59 Å². The van der Waals surface area contributed by atoms with E-state index in [4.69, 9.17) is 0 Å². The average Bonchev–Trinajstić information content (AvgIpc) is 2.76. The van der Waals surface area contributed by atoms with Crippen LogP contribution < -0.4 is 10.6 Å². The number of anilines is 1. The molecule has 2 heterocycles. The number of likely N-dealkylation sites (tertiary alicyclic amines) is 1. The molecule has 1 aromatic rings. The van der Waals surface area contributed by atoms with Crippen molar-refractivity contribution in [3.05, 3.63) is 29.3 Å². The summed E-state index contributed by atoms with van der Waals surface area (Å²) in [7, 11) is 0. The second-order valence-electron chi connectivity index (χ2n) is 5.96. The van der Waals surface area contributed by atoms with Gasteiger partial charge in [-0.2, -0.15) is 0 Å². The van der Waals surface area contributed by atoms with E-state index in [-0.39, 0.29) is 23.9 Å². The first kappa shape index (κ1) is 14.1. The van der Waals surface area contributed by atoms with Gasteiger partial charge in [0.15, 0.2) is 0 Å². The Bertz CT molecular complexity index is 577. The molecule has 5 nitrogen and oxygen atoms in total. The van der Waals surface area contributed by atoms with Gasteiger partial charge in [-0.25, -0.2) is 0 Å². The number of piperidine rings is 1. The van der Waals surface area contributed by atoms with Crippen molar-refractivity contribution in [1.29, 1.82) is 0 Å². The second-order valence-corrected chi connectivity index (χ2v) is 5.96. The smallest absolute Gasteiger partial charge is 0.246 e. The Kier molecular flexibility index (Phi) is 3.68. The van der Waals surface area contributed by atoms with Gasteiger partial charge in [-0.1, -0.05) is 17.7 Å². The van der Waals surface area contributed by atoms with Gasteiger partial charge < -0.3 is 10.2 Å². The highest BCUT2D eigenvalue weighted by Gasteiger charge is 2.33. The summed E-state index contributed by atoms with van der Waals surface area (Å²) in [5.41, 5.74) is 3.10. The predicted molar refractivity (Wildman–Crippen MR) is 81.0 cm³/mol. The number of aryl methyl sites for hydroxylation is 1. The first-order chi connectivity index (χ1) is 10.0. The SMILES string of the molecule is CC(=O)N1CCC(NC2C(=O)Nc3ccc(C)cc32)CC1. The summed E-state index contributed by atoms with van der Waals surface area (Å²) in [5, 5.41) is 6.39. The molecule has 0 saturated carbocycles. The summed E-state index contributed by atoms with van der Waals surface area (Å²) in [6.07, 6.45) is 1.79. The minimum absolute atomic E-state index is 0.0181. The third kappa shape index (κ3) is 2.78. The summed E-state index contributed by atoms with van der Waals surface area (Å²) in [6.45, 7) is 5.17. The largest absolute Gasteiger partial charge is 0.343 e. The van der Waals surface area contributed by atoms with Gasteiger partial charge in [0.25, 0.3) is 0 Å². The molecule has 112 valence electrons. The third-order valence-corrected chi connectivity index (χ3v) is 4.38. The molecular formula is C16H21N3O2. The molecule has 0 bridgehead atoms. The van der Waals surface area contributed by atoms with Crippen molar-refractivity contribution >= 4 is 17.5 Å². The van der Waals surface area contributed by atoms with E-state index in [1.807, 2.05) is 24.0 Å². The normalized spacial score (nSPS) is 22.1. The quantitative estimate of drug-likeness (QED) is 0.868. The third-order valence-electron chi connectivity index (χ3n) is 4.38. The van der Waals surface area contributed by atoms with Gasteiger partial charge in [0.2, 0.25) is 11.8 Å². The van der Waals surface area contributed by atoms with E-state index in [0.717, 1.165) is 42.7 Å². The lowest BCUT2D eigenvalue weighted by Crippen LogP contribution is -2.46. The first-order valence-corrected chi connectivity index (χ1v) is 7.47. The van der Waals surface area contributed by atoms with Crippen molar-refractivity contribution in [2.45, 2.75) is 38.8 Å². The van der Waals surface area contributed by atoms with Crippen LogP contribution in [0, 0.1) is 6.92 Å². The highest BCUT2D eigenvalue weighted by molar-refractivity contribution is 6.02. The molecular weight excluding hydrogens is 266 g/mol. The molecule has 21 heavy (non-hydrogen) atoms. The predicted octanol–water partition coefficient (Wildman–Crippen LogP) is 1.59. The molecule has 1 aromatic carbocycles. The van der Waals surface area contributed by atoms with Crippen molar-refractivity contribution in [2.75, 3.05) is 18.4 Å². The number of amides is 2. The highest BCUT2D eigenvalue weighted by Crippen LogP contribution is 2.32. The number of rotatable bonds is 2. The number of hydrogen-bond acceptors (Lipinski definition) is 3. The number of benzene rings is 1. The lowest BCUT2D eigenvalue weighted by Gasteiger charge is -2.33. The molecule has 2 amide bonds. The topological polar surface area (TPSA) is 61.4 Å². The van der Waals surface area contributed by atoms with Crippen molar-refractivity contribution in [1.82, 2.24) is 10.2 Å². The maximum Gasteiger partial charge on any atom is 0.246 e. The standard InChI is InChI=1S/C16H21N3O2/c1-10-3-4-14-13(9-10)15(16(21)18-14)17-12-5-7-19(8-6-12)11(2)20/h3-4,9,12,15,17H,5-8H2,1-2H3,(H,18,21). The van der Waals surface area contributed by atoms with Crippen LogP contribution >= 0.6 is 0 Å². The van der Waals surface area contributed by atoms with Crippen LogP contribution in [0.2, 0.25) is 0 Å². The van der Waals surface area contributed by atoms with Crippen LogP contribution in [0.5, 0.6) is 0 Å². The van der Waals surface area contributed by atoms with Crippen molar-refractivity contribution < 1.29 is 9.59 Å². The molecule has 2 aliphatic rings. The average molecular weight is 287 g/mol. The van der Waals surface area contributed by atoms with Crippen molar-refractivity contribution in [3.63, 3.8) is 0 Å². The Morgan fingerprint density at radius 3 is 2.71 bits per heavy atom. The van der Waals surface area contributed by atoms with Gasteiger partial charge in [-0.15, -0.1) is 0 Å². The molecule has 3 rings (SSSR count). The number of nitrogens with zero attached hydrogens (tertiary/aromatic N) is 1. The maximum absolute atomic E-state index is 12.2. The number of carbonyl (C=O) groups excluding carboxylic acids is 2.